The zero-order valence-electron chi connectivity index (χ0n) is 16.9. The van der Waals surface area contributed by atoms with Gasteiger partial charge >= 0.3 is 0 Å². The van der Waals surface area contributed by atoms with Gasteiger partial charge in [-0.3, -0.25) is 14.2 Å². The molecule has 1 atom stereocenters. The third-order valence-electron chi connectivity index (χ3n) is 4.42. The number of likely N-dealkylation sites (N-methyl/N-ethyl adjacent to an activating group) is 1. The minimum absolute atomic E-state index is 0.0394. The molecule has 1 amide bonds. The van der Waals surface area contributed by atoms with Crippen LogP contribution in [0, 0.1) is 5.92 Å². The molecule has 1 aromatic heterocycles. The number of halogens is 1. The van der Waals surface area contributed by atoms with Crippen LogP contribution in [0.3, 0.4) is 0 Å². The number of amides is 1. The predicted octanol–water partition coefficient (Wildman–Crippen LogP) is 4.74. The van der Waals surface area contributed by atoms with E-state index in [0.717, 1.165) is 10.0 Å². The minimum Gasteiger partial charge on any atom is -0.348 e. The average Bonchev–Trinajstić information content (AvgIpc) is 2.69. The van der Waals surface area contributed by atoms with Crippen molar-refractivity contribution in [2.75, 3.05) is 14.1 Å². The lowest BCUT2D eigenvalue weighted by Crippen LogP contribution is -2.29. The number of benzene rings is 2. The summed E-state index contributed by atoms with van der Waals surface area (Å²) in [5.41, 5.74) is 1.43. The number of fused-ring (bicyclic) bond motifs is 1. The van der Waals surface area contributed by atoms with E-state index in [1.807, 2.05) is 42.5 Å². The van der Waals surface area contributed by atoms with Crippen molar-refractivity contribution in [3.8, 4) is 0 Å². The predicted molar refractivity (Wildman–Crippen MR) is 122 cm³/mol. The first-order valence-electron chi connectivity index (χ1n) is 9.40. The van der Waals surface area contributed by atoms with E-state index in [0.29, 0.717) is 22.6 Å². The second-order valence-electron chi connectivity index (χ2n) is 7.51. The third-order valence-corrected chi connectivity index (χ3v) is 6.14. The number of hydrogen-bond acceptors (Lipinski definition) is 4. The quantitative estimate of drug-likeness (QED) is 0.383. The fraction of sp³-hybridized carbons (Fsp3) is 0.318. The van der Waals surface area contributed by atoms with E-state index in [4.69, 9.17) is 4.98 Å². The molecule has 0 aliphatic heterocycles. The number of aromatic nitrogens is 2. The molecule has 0 aliphatic rings. The second kappa shape index (κ2) is 9.13. The van der Waals surface area contributed by atoms with Crippen LogP contribution in [0.25, 0.3) is 10.9 Å². The van der Waals surface area contributed by atoms with Gasteiger partial charge in [-0.1, -0.05) is 71.9 Å². The molecule has 0 aliphatic carbocycles. The number of nitrogens with zero attached hydrogens (tertiary/aromatic N) is 3. The molecule has 5 nitrogen and oxygen atoms in total. The zero-order valence-corrected chi connectivity index (χ0v) is 19.3. The maximum absolute atomic E-state index is 13.3. The summed E-state index contributed by atoms with van der Waals surface area (Å²) >= 11 is 4.76. The normalized spacial score (nSPS) is 12.3. The highest BCUT2D eigenvalue weighted by Crippen LogP contribution is 2.36. The number of rotatable bonds is 6. The summed E-state index contributed by atoms with van der Waals surface area (Å²) in [6, 6.07) is 15.1. The first-order valence-corrected chi connectivity index (χ1v) is 11.1. The molecule has 0 radical (unpaired) electrons. The topological polar surface area (TPSA) is 55.2 Å². The molecular weight excluding hydrogens is 450 g/mol. The molecule has 3 rings (SSSR count). The molecule has 7 heteroatoms. The monoisotopic (exact) mass is 473 g/mol. The minimum atomic E-state index is -0.482. The van der Waals surface area contributed by atoms with Gasteiger partial charge in [0.25, 0.3) is 5.56 Å². The van der Waals surface area contributed by atoms with E-state index < -0.39 is 5.25 Å². The molecular formula is C22H24BrN3O2S. The fourth-order valence-corrected chi connectivity index (χ4v) is 4.63. The van der Waals surface area contributed by atoms with Crippen LogP contribution in [0.1, 0.15) is 24.7 Å². The lowest BCUT2D eigenvalue weighted by Gasteiger charge is -2.22. The summed E-state index contributed by atoms with van der Waals surface area (Å²) in [4.78, 5) is 32.6. The van der Waals surface area contributed by atoms with Crippen LogP contribution in [-0.2, 0) is 11.3 Å². The van der Waals surface area contributed by atoms with E-state index in [1.165, 1.54) is 11.8 Å². The summed E-state index contributed by atoms with van der Waals surface area (Å²) in [5.74, 6) is 0.223. The number of hydrogen-bond donors (Lipinski definition) is 0. The van der Waals surface area contributed by atoms with Gasteiger partial charge in [-0.05, 0) is 29.7 Å². The standard InChI is InChI=1S/C22H24BrN3O2S/c1-14(2)13-26-20(27)17-12-16(23)10-11-18(17)24-22(26)29-19(21(28)25(3)4)15-8-6-5-7-9-15/h5-12,14,19H,13H2,1-4H3. The third kappa shape index (κ3) is 4.90. The maximum Gasteiger partial charge on any atom is 0.262 e. The average molecular weight is 474 g/mol. The Balaban J connectivity index is 2.16. The Morgan fingerprint density at radius 2 is 1.86 bits per heavy atom. The highest BCUT2D eigenvalue weighted by atomic mass is 79.9. The van der Waals surface area contributed by atoms with Crippen molar-refractivity contribution in [3.05, 3.63) is 68.9 Å². The van der Waals surface area contributed by atoms with Gasteiger partial charge < -0.3 is 4.90 Å². The molecule has 152 valence electrons. The van der Waals surface area contributed by atoms with Crippen molar-refractivity contribution in [3.63, 3.8) is 0 Å². The molecule has 0 bridgehead atoms. The maximum atomic E-state index is 13.3. The van der Waals surface area contributed by atoms with Crippen LogP contribution in [0.2, 0.25) is 0 Å². The lowest BCUT2D eigenvalue weighted by molar-refractivity contribution is -0.128. The number of carbonyl (C=O) groups excluding carboxylic acids is 1. The highest BCUT2D eigenvalue weighted by Gasteiger charge is 2.26. The zero-order chi connectivity index (χ0) is 21.1. The molecule has 0 spiro atoms. The molecule has 0 saturated carbocycles. The van der Waals surface area contributed by atoms with Crippen LogP contribution in [0.15, 0.2) is 63.0 Å². The first kappa shape index (κ1) is 21.6. The molecule has 0 saturated heterocycles. The summed E-state index contributed by atoms with van der Waals surface area (Å²) in [7, 11) is 3.48. The van der Waals surface area contributed by atoms with Gasteiger partial charge in [-0.2, -0.15) is 0 Å². The van der Waals surface area contributed by atoms with Crippen molar-refractivity contribution < 1.29 is 4.79 Å². The largest absolute Gasteiger partial charge is 0.348 e. The molecule has 0 fully saturated rings. The second-order valence-corrected chi connectivity index (χ2v) is 9.49. The Labute approximate surface area is 183 Å². The van der Waals surface area contributed by atoms with Crippen molar-refractivity contribution in [2.45, 2.75) is 30.8 Å². The van der Waals surface area contributed by atoms with Crippen LogP contribution in [0.5, 0.6) is 0 Å². The molecule has 0 N–H and O–H groups in total. The molecule has 2 aromatic carbocycles. The van der Waals surface area contributed by atoms with Gasteiger partial charge in [0, 0.05) is 25.1 Å². The van der Waals surface area contributed by atoms with Crippen molar-refractivity contribution in [1.82, 2.24) is 14.5 Å². The first-order chi connectivity index (χ1) is 13.8. The van der Waals surface area contributed by atoms with Crippen LogP contribution >= 0.6 is 27.7 Å². The SMILES string of the molecule is CC(C)Cn1c(SC(C(=O)N(C)C)c2ccccc2)nc2ccc(Br)cc2c1=O. The smallest absolute Gasteiger partial charge is 0.262 e. The van der Waals surface area contributed by atoms with E-state index >= 15 is 0 Å². The number of carbonyl (C=O) groups is 1. The van der Waals surface area contributed by atoms with Gasteiger partial charge in [0.1, 0.15) is 5.25 Å². The van der Waals surface area contributed by atoms with Crippen LogP contribution < -0.4 is 5.56 Å². The summed E-state index contributed by atoms with van der Waals surface area (Å²) in [6.07, 6.45) is 0. The lowest BCUT2D eigenvalue weighted by atomic mass is 10.1. The van der Waals surface area contributed by atoms with Crippen LogP contribution in [0.4, 0.5) is 0 Å². The Hall–Kier alpha value is -2.12. The van der Waals surface area contributed by atoms with Gasteiger partial charge in [-0.25, -0.2) is 4.98 Å². The molecule has 3 aromatic rings. The Bertz CT molecular complexity index is 1080. The van der Waals surface area contributed by atoms with Crippen molar-refractivity contribution >= 4 is 44.5 Å². The van der Waals surface area contributed by atoms with E-state index in [-0.39, 0.29) is 17.4 Å². The summed E-state index contributed by atoms with van der Waals surface area (Å²) in [6.45, 7) is 4.66. The van der Waals surface area contributed by atoms with Gasteiger partial charge in [0.15, 0.2) is 5.16 Å². The van der Waals surface area contributed by atoms with E-state index in [1.54, 1.807) is 29.6 Å². The van der Waals surface area contributed by atoms with Crippen LogP contribution in [-0.4, -0.2) is 34.5 Å². The van der Waals surface area contributed by atoms with Crippen molar-refractivity contribution in [2.24, 2.45) is 5.92 Å². The van der Waals surface area contributed by atoms with Crippen molar-refractivity contribution in [1.29, 1.82) is 0 Å². The fourth-order valence-electron chi connectivity index (χ4n) is 3.02. The Morgan fingerprint density at radius 1 is 1.17 bits per heavy atom. The summed E-state index contributed by atoms with van der Waals surface area (Å²) < 4.78 is 2.54. The summed E-state index contributed by atoms with van der Waals surface area (Å²) in [5, 5.41) is 0.645. The van der Waals surface area contributed by atoms with Gasteiger partial charge in [0.2, 0.25) is 5.91 Å². The molecule has 1 heterocycles. The Kier molecular flexibility index (Phi) is 6.80. The Morgan fingerprint density at radius 3 is 2.48 bits per heavy atom. The van der Waals surface area contributed by atoms with E-state index in [2.05, 4.69) is 29.8 Å². The van der Waals surface area contributed by atoms with Gasteiger partial charge in [0.05, 0.1) is 10.9 Å². The molecule has 1 unspecified atom stereocenters. The van der Waals surface area contributed by atoms with E-state index in [9.17, 15) is 9.59 Å². The van der Waals surface area contributed by atoms with Gasteiger partial charge in [-0.15, -0.1) is 0 Å². The highest BCUT2D eigenvalue weighted by molar-refractivity contribution is 9.10. The molecule has 29 heavy (non-hydrogen) atoms. The number of thioether (sulfide) groups is 1.